The SMILES string of the molecule is CC/C=C\C/C=C\C/C=C\C/C=C\C/C=C\C/C=C\CCC(=O)OCC(COC(=O)CC/C=C\C/C=C\C/C=C\C/C=C\C/C=C\CC)OC(=O)CCCCCCCCC/C=C\CCCCCCCC. The number of esters is 3. The Hall–Kier alpha value is -4.71. The molecule has 6 nitrogen and oxygen atoms in total. The molecule has 0 heterocycles. The Kier molecular flexibility index (Phi) is 53.0. The Bertz CT molecular complexity index is 1580. The van der Waals surface area contributed by atoms with E-state index < -0.39 is 6.10 Å². The predicted octanol–water partition coefficient (Wildman–Crippen LogP) is 18.8. The first-order valence-corrected chi connectivity index (χ1v) is 27.8. The Morgan fingerprint density at radius 2 is 0.586 bits per heavy atom. The van der Waals surface area contributed by atoms with Crippen molar-refractivity contribution in [1.82, 2.24) is 0 Å². The fourth-order valence-electron chi connectivity index (χ4n) is 6.98. The monoisotopic (exact) mass is 965 g/mol. The summed E-state index contributed by atoms with van der Waals surface area (Å²) in [4.78, 5) is 38.1. The van der Waals surface area contributed by atoms with E-state index in [4.69, 9.17) is 14.2 Å². The van der Waals surface area contributed by atoms with E-state index in [1.54, 1.807) is 0 Å². The molecule has 0 aromatic heterocycles. The lowest BCUT2D eigenvalue weighted by Crippen LogP contribution is -2.30. The molecule has 0 rings (SSSR count). The molecule has 1 unspecified atom stereocenters. The van der Waals surface area contributed by atoms with E-state index in [0.717, 1.165) is 89.9 Å². The van der Waals surface area contributed by atoms with Crippen molar-refractivity contribution in [1.29, 1.82) is 0 Å². The quantitative estimate of drug-likeness (QED) is 0.0262. The number of hydrogen-bond acceptors (Lipinski definition) is 6. The summed E-state index contributed by atoms with van der Waals surface area (Å²) in [6.07, 6.45) is 81.4. The molecule has 0 aliphatic carbocycles. The van der Waals surface area contributed by atoms with Gasteiger partial charge in [-0.15, -0.1) is 0 Å². The summed E-state index contributed by atoms with van der Waals surface area (Å²) in [5.41, 5.74) is 0. The second-order valence-electron chi connectivity index (χ2n) is 17.7. The van der Waals surface area contributed by atoms with Crippen LogP contribution < -0.4 is 0 Å². The molecule has 0 aromatic carbocycles. The minimum atomic E-state index is -0.847. The molecular formula is C64H100O6. The molecular weight excluding hydrogens is 865 g/mol. The lowest BCUT2D eigenvalue weighted by Gasteiger charge is -2.18. The molecule has 392 valence electrons. The predicted molar refractivity (Wildman–Crippen MR) is 302 cm³/mol. The molecule has 0 N–H and O–H groups in total. The van der Waals surface area contributed by atoms with Crippen molar-refractivity contribution in [3.05, 3.63) is 146 Å². The van der Waals surface area contributed by atoms with E-state index in [1.165, 1.54) is 77.0 Å². The van der Waals surface area contributed by atoms with Crippen LogP contribution in [0.2, 0.25) is 0 Å². The van der Waals surface area contributed by atoms with Gasteiger partial charge in [0.05, 0.1) is 0 Å². The summed E-state index contributed by atoms with van der Waals surface area (Å²) in [7, 11) is 0. The molecule has 0 bridgehead atoms. The van der Waals surface area contributed by atoms with E-state index in [1.807, 2.05) is 24.3 Å². The van der Waals surface area contributed by atoms with Gasteiger partial charge in [0, 0.05) is 19.3 Å². The third-order valence-corrected chi connectivity index (χ3v) is 11.1. The molecule has 0 saturated heterocycles. The summed E-state index contributed by atoms with van der Waals surface area (Å²) in [5.74, 6) is -1.12. The standard InChI is InChI=1S/C64H100O6/c1-4-7-10-13-16-19-22-25-28-31-32-34-36-39-42-45-48-51-54-57-63(66)69-60-61(59-68-62(65)56-53-50-47-44-41-38-35-30-27-24-21-18-15-12-9-6-3)70-64(67)58-55-52-49-46-43-40-37-33-29-26-23-20-17-14-11-8-5-2/h7,9-10,12,16,18-19,21,25-30,32,34,38-39,41-42,47-48,50-51,61H,4-6,8,11,13-15,17,20,22-24,31,33,35-37,40,43-46,49,52-60H2,1-3H3/b10-7-,12-9-,19-16-,21-18-,28-25-,29-26-,30-27-,34-32-,41-38-,42-39-,50-47-,51-48-. The Morgan fingerprint density at radius 1 is 0.300 bits per heavy atom. The highest BCUT2D eigenvalue weighted by atomic mass is 16.6. The molecule has 0 saturated carbocycles. The topological polar surface area (TPSA) is 78.9 Å². The molecule has 0 fully saturated rings. The summed E-state index contributed by atoms with van der Waals surface area (Å²) in [6.45, 7) is 6.26. The van der Waals surface area contributed by atoms with Gasteiger partial charge in [0.25, 0.3) is 0 Å². The highest BCUT2D eigenvalue weighted by Crippen LogP contribution is 2.13. The molecule has 0 spiro atoms. The number of hydrogen-bond donors (Lipinski definition) is 0. The van der Waals surface area contributed by atoms with Crippen molar-refractivity contribution < 1.29 is 28.6 Å². The smallest absolute Gasteiger partial charge is 0.306 e. The summed E-state index contributed by atoms with van der Waals surface area (Å²) >= 11 is 0. The first kappa shape index (κ1) is 65.3. The fourth-order valence-corrected chi connectivity index (χ4v) is 6.98. The molecule has 0 aromatic rings. The van der Waals surface area contributed by atoms with Crippen LogP contribution in [-0.2, 0) is 28.6 Å². The molecule has 0 aliphatic rings. The van der Waals surface area contributed by atoms with E-state index in [-0.39, 0.29) is 50.4 Å². The number of ether oxygens (including phenoxy) is 3. The lowest BCUT2D eigenvalue weighted by molar-refractivity contribution is -0.166. The van der Waals surface area contributed by atoms with Gasteiger partial charge in [-0.25, -0.2) is 0 Å². The van der Waals surface area contributed by atoms with Crippen LogP contribution in [0.3, 0.4) is 0 Å². The first-order valence-electron chi connectivity index (χ1n) is 27.8. The van der Waals surface area contributed by atoms with Gasteiger partial charge in [0.1, 0.15) is 13.2 Å². The minimum absolute atomic E-state index is 0.148. The highest BCUT2D eigenvalue weighted by molar-refractivity contribution is 5.71. The van der Waals surface area contributed by atoms with Gasteiger partial charge in [-0.1, -0.05) is 231 Å². The molecule has 0 radical (unpaired) electrons. The lowest BCUT2D eigenvalue weighted by atomic mass is 10.1. The zero-order valence-corrected chi connectivity index (χ0v) is 44.7. The van der Waals surface area contributed by atoms with Gasteiger partial charge in [-0.05, 0) is 116 Å². The maximum absolute atomic E-state index is 12.8. The Balaban J connectivity index is 4.63. The third kappa shape index (κ3) is 54.2. The van der Waals surface area contributed by atoms with E-state index in [0.29, 0.717) is 12.8 Å². The number of carbonyl (C=O) groups is 3. The van der Waals surface area contributed by atoms with Crippen molar-refractivity contribution in [2.75, 3.05) is 13.2 Å². The van der Waals surface area contributed by atoms with Crippen LogP contribution in [0.1, 0.15) is 220 Å². The normalized spacial score (nSPS) is 13.2. The van der Waals surface area contributed by atoms with Crippen molar-refractivity contribution in [3.63, 3.8) is 0 Å². The van der Waals surface area contributed by atoms with Gasteiger partial charge in [0.2, 0.25) is 0 Å². The van der Waals surface area contributed by atoms with Gasteiger partial charge in [-0.2, -0.15) is 0 Å². The van der Waals surface area contributed by atoms with Gasteiger partial charge >= 0.3 is 17.9 Å². The van der Waals surface area contributed by atoms with Crippen LogP contribution >= 0.6 is 0 Å². The number of allylic oxidation sites excluding steroid dienone is 24. The maximum Gasteiger partial charge on any atom is 0.306 e. The van der Waals surface area contributed by atoms with E-state index in [9.17, 15) is 14.4 Å². The average molecular weight is 965 g/mol. The molecule has 70 heavy (non-hydrogen) atoms. The second-order valence-corrected chi connectivity index (χ2v) is 17.7. The van der Waals surface area contributed by atoms with Crippen LogP contribution in [-0.4, -0.2) is 37.2 Å². The van der Waals surface area contributed by atoms with Gasteiger partial charge in [-0.3, -0.25) is 14.4 Å². The van der Waals surface area contributed by atoms with Gasteiger partial charge < -0.3 is 14.2 Å². The molecule has 6 heteroatoms. The number of rotatable bonds is 48. The Morgan fingerprint density at radius 3 is 0.929 bits per heavy atom. The van der Waals surface area contributed by atoms with Crippen molar-refractivity contribution in [2.45, 2.75) is 226 Å². The zero-order valence-electron chi connectivity index (χ0n) is 44.7. The molecule has 1 atom stereocenters. The van der Waals surface area contributed by atoms with Crippen molar-refractivity contribution >= 4 is 17.9 Å². The third-order valence-electron chi connectivity index (χ3n) is 11.1. The second kappa shape index (κ2) is 56.9. The molecule has 0 amide bonds. The van der Waals surface area contributed by atoms with Crippen molar-refractivity contribution in [2.24, 2.45) is 0 Å². The zero-order chi connectivity index (χ0) is 50.7. The van der Waals surface area contributed by atoms with Crippen LogP contribution in [0, 0.1) is 0 Å². The minimum Gasteiger partial charge on any atom is -0.462 e. The van der Waals surface area contributed by atoms with E-state index >= 15 is 0 Å². The van der Waals surface area contributed by atoms with Crippen molar-refractivity contribution in [3.8, 4) is 0 Å². The van der Waals surface area contributed by atoms with Crippen LogP contribution in [0.25, 0.3) is 0 Å². The molecule has 0 aliphatic heterocycles. The highest BCUT2D eigenvalue weighted by Gasteiger charge is 2.19. The van der Waals surface area contributed by atoms with Gasteiger partial charge in [0.15, 0.2) is 6.10 Å². The Labute approximate surface area is 429 Å². The van der Waals surface area contributed by atoms with Crippen LogP contribution in [0.4, 0.5) is 0 Å². The summed E-state index contributed by atoms with van der Waals surface area (Å²) in [6, 6.07) is 0. The fraction of sp³-hybridized carbons (Fsp3) is 0.578. The number of unbranched alkanes of at least 4 members (excludes halogenated alkanes) is 13. The largest absolute Gasteiger partial charge is 0.462 e. The van der Waals surface area contributed by atoms with E-state index in [2.05, 4.69) is 142 Å². The number of carbonyl (C=O) groups excluding carboxylic acids is 3. The van der Waals surface area contributed by atoms with Crippen LogP contribution in [0.5, 0.6) is 0 Å². The van der Waals surface area contributed by atoms with Crippen LogP contribution in [0.15, 0.2) is 146 Å². The summed E-state index contributed by atoms with van der Waals surface area (Å²) in [5, 5.41) is 0. The maximum atomic E-state index is 12.8. The first-order chi connectivity index (χ1) is 34.5. The average Bonchev–Trinajstić information content (AvgIpc) is 3.36. The summed E-state index contributed by atoms with van der Waals surface area (Å²) < 4.78 is 16.7.